The lowest BCUT2D eigenvalue weighted by Gasteiger charge is -2.02. The van der Waals surface area contributed by atoms with Crippen molar-refractivity contribution in [1.82, 2.24) is 0 Å². The summed E-state index contributed by atoms with van der Waals surface area (Å²) in [7, 11) is 0. The van der Waals surface area contributed by atoms with E-state index < -0.39 is 12.1 Å². The summed E-state index contributed by atoms with van der Waals surface area (Å²) in [6, 6.07) is 0. The van der Waals surface area contributed by atoms with Crippen LogP contribution in [0.1, 0.15) is 6.92 Å². The van der Waals surface area contributed by atoms with E-state index in [0.29, 0.717) is 0 Å². The van der Waals surface area contributed by atoms with Crippen LogP contribution in [0.2, 0.25) is 0 Å². The van der Waals surface area contributed by atoms with Crippen molar-refractivity contribution in [2.45, 2.75) is 13.0 Å². The van der Waals surface area contributed by atoms with Gasteiger partial charge in [-0.2, -0.15) is 0 Å². The van der Waals surface area contributed by atoms with Gasteiger partial charge in [0.05, 0.1) is 6.10 Å². The summed E-state index contributed by atoms with van der Waals surface area (Å²) < 4.78 is 4.48. The zero-order chi connectivity index (χ0) is 7.98. The first kappa shape index (κ1) is 9.46. The monoisotopic (exact) mass is 164 g/mol. The van der Waals surface area contributed by atoms with Crippen molar-refractivity contribution in [3.63, 3.8) is 0 Å². The van der Waals surface area contributed by atoms with E-state index in [4.69, 9.17) is 16.7 Å². The van der Waals surface area contributed by atoms with Gasteiger partial charge in [-0.25, -0.2) is 4.79 Å². The van der Waals surface area contributed by atoms with Crippen LogP contribution in [0.5, 0.6) is 0 Å². The molecular formula is C6H9ClO3. The Balaban J connectivity index is 3.40. The van der Waals surface area contributed by atoms with Gasteiger partial charge in [-0.1, -0.05) is 11.6 Å². The minimum Gasteiger partial charge on any atom is -0.460 e. The van der Waals surface area contributed by atoms with Crippen molar-refractivity contribution in [2.24, 2.45) is 0 Å². The first-order chi connectivity index (χ1) is 4.66. The Labute approximate surface area is 64.2 Å². The minimum absolute atomic E-state index is 0.0000617. The number of hydrogen-bond donors (Lipinski definition) is 1. The maximum Gasteiger partial charge on any atom is 0.331 e. The SMILES string of the molecule is CC(O)COC(=O)/C=C/Cl. The van der Waals surface area contributed by atoms with Gasteiger partial charge in [-0.15, -0.1) is 0 Å². The molecule has 1 N–H and O–H groups in total. The zero-order valence-corrected chi connectivity index (χ0v) is 6.34. The molecule has 0 rings (SSSR count). The Morgan fingerprint density at radius 3 is 2.90 bits per heavy atom. The number of esters is 1. The quantitative estimate of drug-likeness (QED) is 0.493. The van der Waals surface area contributed by atoms with E-state index in [2.05, 4.69) is 4.74 Å². The third kappa shape index (κ3) is 5.59. The van der Waals surface area contributed by atoms with Crippen LogP contribution in [0, 0.1) is 0 Å². The number of halogens is 1. The highest BCUT2D eigenvalue weighted by Crippen LogP contribution is 1.87. The number of carbonyl (C=O) groups excluding carboxylic acids is 1. The van der Waals surface area contributed by atoms with Crippen LogP contribution in [0.15, 0.2) is 11.6 Å². The molecule has 1 unspecified atom stereocenters. The normalized spacial score (nSPS) is 13.5. The van der Waals surface area contributed by atoms with Crippen molar-refractivity contribution in [3.05, 3.63) is 11.6 Å². The Kier molecular flexibility index (Phi) is 4.98. The highest BCUT2D eigenvalue weighted by molar-refractivity contribution is 6.26. The molecule has 0 aromatic carbocycles. The van der Waals surface area contributed by atoms with E-state index in [9.17, 15) is 4.79 Å². The van der Waals surface area contributed by atoms with Crippen molar-refractivity contribution < 1.29 is 14.6 Å². The van der Waals surface area contributed by atoms with Crippen LogP contribution >= 0.6 is 11.6 Å². The maximum atomic E-state index is 10.4. The molecule has 0 fully saturated rings. The highest BCUT2D eigenvalue weighted by atomic mass is 35.5. The predicted molar refractivity (Wildman–Crippen MR) is 37.6 cm³/mol. The molecule has 0 aliphatic rings. The molecule has 0 saturated heterocycles. The predicted octanol–water partition coefficient (Wildman–Crippen LogP) is 0.663. The molecule has 0 aliphatic heterocycles. The van der Waals surface area contributed by atoms with Crippen LogP contribution in [-0.4, -0.2) is 23.8 Å². The van der Waals surface area contributed by atoms with Crippen molar-refractivity contribution in [3.8, 4) is 0 Å². The molecule has 0 bridgehead atoms. The molecule has 0 radical (unpaired) electrons. The van der Waals surface area contributed by atoms with Gasteiger partial charge in [-0.05, 0) is 6.92 Å². The molecule has 3 nitrogen and oxygen atoms in total. The molecule has 0 heterocycles. The Bertz CT molecular complexity index is 131. The van der Waals surface area contributed by atoms with Gasteiger partial charge in [0, 0.05) is 11.6 Å². The number of ether oxygens (including phenoxy) is 1. The van der Waals surface area contributed by atoms with Gasteiger partial charge < -0.3 is 9.84 Å². The molecule has 0 amide bonds. The summed E-state index contributed by atoms with van der Waals surface area (Å²) >= 11 is 5.07. The topological polar surface area (TPSA) is 46.5 Å². The van der Waals surface area contributed by atoms with Crippen LogP contribution in [0.4, 0.5) is 0 Å². The van der Waals surface area contributed by atoms with Gasteiger partial charge in [0.25, 0.3) is 0 Å². The van der Waals surface area contributed by atoms with E-state index >= 15 is 0 Å². The summed E-state index contributed by atoms with van der Waals surface area (Å²) in [5, 5.41) is 8.64. The van der Waals surface area contributed by atoms with Gasteiger partial charge in [0.2, 0.25) is 0 Å². The van der Waals surface area contributed by atoms with E-state index in [1.165, 1.54) is 6.92 Å². The van der Waals surface area contributed by atoms with Crippen LogP contribution < -0.4 is 0 Å². The lowest BCUT2D eigenvalue weighted by atomic mass is 10.4. The number of aliphatic hydroxyl groups is 1. The number of carbonyl (C=O) groups is 1. The fraction of sp³-hybridized carbons (Fsp3) is 0.500. The number of rotatable bonds is 3. The van der Waals surface area contributed by atoms with E-state index in [1.54, 1.807) is 0 Å². The summed E-state index contributed by atoms with van der Waals surface area (Å²) in [5.41, 5.74) is 1.06. The third-order valence-electron chi connectivity index (χ3n) is 0.666. The molecule has 4 heteroatoms. The minimum atomic E-state index is -0.632. The second-order valence-corrected chi connectivity index (χ2v) is 2.02. The Hall–Kier alpha value is -0.540. The molecule has 58 valence electrons. The standard InChI is InChI=1S/C6H9ClO3/c1-5(8)4-10-6(9)2-3-7/h2-3,5,8H,4H2,1H3/b3-2+. The molecule has 10 heavy (non-hydrogen) atoms. The molecular weight excluding hydrogens is 156 g/mol. The van der Waals surface area contributed by atoms with Crippen LogP contribution in [-0.2, 0) is 9.53 Å². The molecule has 1 atom stereocenters. The van der Waals surface area contributed by atoms with E-state index in [1.807, 2.05) is 0 Å². The Morgan fingerprint density at radius 1 is 1.90 bits per heavy atom. The van der Waals surface area contributed by atoms with Crippen molar-refractivity contribution in [2.75, 3.05) is 6.61 Å². The third-order valence-corrected chi connectivity index (χ3v) is 0.792. The summed E-state index contributed by atoms with van der Waals surface area (Å²) in [6.45, 7) is 1.53. The maximum absolute atomic E-state index is 10.4. The van der Waals surface area contributed by atoms with Crippen molar-refractivity contribution in [1.29, 1.82) is 0 Å². The molecule has 0 saturated carbocycles. The second kappa shape index (κ2) is 5.26. The first-order valence-electron chi connectivity index (χ1n) is 2.78. The molecule has 0 aromatic heterocycles. The van der Waals surface area contributed by atoms with Gasteiger partial charge in [-0.3, -0.25) is 0 Å². The molecule has 0 aliphatic carbocycles. The summed E-state index contributed by atoms with van der Waals surface area (Å²) in [5.74, 6) is -0.545. The highest BCUT2D eigenvalue weighted by Gasteiger charge is 1.98. The average molecular weight is 165 g/mol. The lowest BCUT2D eigenvalue weighted by molar-refractivity contribution is -0.140. The van der Waals surface area contributed by atoms with Crippen LogP contribution in [0.25, 0.3) is 0 Å². The fourth-order valence-corrected chi connectivity index (χ4v) is 0.405. The summed E-state index contributed by atoms with van der Waals surface area (Å²) in [6.07, 6.45) is 0.442. The second-order valence-electron chi connectivity index (χ2n) is 1.77. The van der Waals surface area contributed by atoms with Gasteiger partial charge >= 0.3 is 5.97 Å². The average Bonchev–Trinajstić information content (AvgIpc) is 1.85. The molecule has 0 aromatic rings. The smallest absolute Gasteiger partial charge is 0.331 e. The summed E-state index contributed by atoms with van der Waals surface area (Å²) in [4.78, 5) is 10.4. The lowest BCUT2D eigenvalue weighted by Crippen LogP contribution is -2.13. The van der Waals surface area contributed by atoms with Gasteiger partial charge in [0.1, 0.15) is 6.61 Å². The van der Waals surface area contributed by atoms with E-state index in [0.717, 1.165) is 11.6 Å². The van der Waals surface area contributed by atoms with Gasteiger partial charge in [0.15, 0.2) is 0 Å². The van der Waals surface area contributed by atoms with E-state index in [-0.39, 0.29) is 6.61 Å². The number of hydrogen-bond acceptors (Lipinski definition) is 3. The number of aliphatic hydroxyl groups excluding tert-OH is 1. The first-order valence-corrected chi connectivity index (χ1v) is 3.22. The fourth-order valence-electron chi connectivity index (χ4n) is 0.302. The largest absolute Gasteiger partial charge is 0.460 e. The van der Waals surface area contributed by atoms with Crippen molar-refractivity contribution >= 4 is 17.6 Å². The van der Waals surface area contributed by atoms with Crippen LogP contribution in [0.3, 0.4) is 0 Å². The Morgan fingerprint density at radius 2 is 2.50 bits per heavy atom. The zero-order valence-electron chi connectivity index (χ0n) is 5.58. The molecule has 0 spiro atoms.